The van der Waals surface area contributed by atoms with E-state index in [9.17, 15) is 13.7 Å². The zero-order chi connectivity index (χ0) is 25.0. The molecule has 0 unspecified atom stereocenters. The molecule has 0 aliphatic rings. The highest BCUT2D eigenvalue weighted by atomic mass is 32.2. The van der Waals surface area contributed by atoms with Crippen molar-refractivity contribution in [2.75, 3.05) is 20.0 Å². The third-order valence-corrected chi connectivity index (χ3v) is 7.55. The Kier molecular flexibility index (Phi) is 6.92. The molecule has 4 aromatic rings. The zero-order valence-corrected chi connectivity index (χ0v) is 20.2. The molecule has 4 rings (SSSR count). The molecule has 0 bridgehead atoms. The van der Waals surface area contributed by atoms with E-state index in [2.05, 4.69) is 6.07 Å². The molecule has 0 aromatic heterocycles. The number of nitrogen functional groups attached to an aromatic ring is 1. The molecule has 2 N–H and O–H groups in total. The fraction of sp³-hybridized carbons (Fsp3) is 0.148. The standard InChI is InChI=1S/C27H25N3O4S/c1-33-24-9-4-19(5-10-24)17-30(18-20-6-11-25(34-2)12-7-20)35(31,32)27-15-23(29)14-22-8-3-21(16-28)13-26(22)27/h3-15H,17-18,29H2,1-2H3. The number of hydrogen-bond acceptors (Lipinski definition) is 6. The minimum Gasteiger partial charge on any atom is -0.497 e. The highest BCUT2D eigenvalue weighted by Crippen LogP contribution is 2.31. The van der Waals surface area contributed by atoms with Crippen molar-refractivity contribution in [2.45, 2.75) is 18.0 Å². The number of nitrogens with zero attached hydrogens (tertiary/aromatic N) is 2. The number of benzene rings is 4. The van der Waals surface area contributed by atoms with Crippen LogP contribution in [0.15, 0.2) is 83.8 Å². The molecule has 0 heterocycles. The van der Waals surface area contributed by atoms with E-state index >= 15 is 0 Å². The zero-order valence-electron chi connectivity index (χ0n) is 19.4. The number of hydrogen-bond donors (Lipinski definition) is 1. The number of nitrogens with two attached hydrogens (primary N) is 1. The van der Waals surface area contributed by atoms with Crippen LogP contribution < -0.4 is 15.2 Å². The first kappa shape index (κ1) is 24.1. The van der Waals surface area contributed by atoms with Gasteiger partial charge in [-0.25, -0.2) is 8.42 Å². The fourth-order valence-electron chi connectivity index (χ4n) is 3.86. The van der Waals surface area contributed by atoms with Crippen LogP contribution in [0.4, 0.5) is 5.69 Å². The maximum Gasteiger partial charge on any atom is 0.244 e. The third-order valence-electron chi connectivity index (χ3n) is 5.72. The summed E-state index contributed by atoms with van der Waals surface area (Å²) in [7, 11) is -0.863. The Labute approximate surface area is 205 Å². The molecular weight excluding hydrogens is 462 g/mol. The fourth-order valence-corrected chi connectivity index (χ4v) is 5.52. The lowest BCUT2D eigenvalue weighted by Gasteiger charge is -2.24. The Balaban J connectivity index is 1.82. The van der Waals surface area contributed by atoms with Gasteiger partial charge in [-0.3, -0.25) is 0 Å². The van der Waals surface area contributed by atoms with Crippen molar-refractivity contribution >= 4 is 26.5 Å². The van der Waals surface area contributed by atoms with Gasteiger partial charge in [-0.05, 0) is 65.0 Å². The lowest BCUT2D eigenvalue weighted by atomic mass is 10.1. The predicted molar refractivity (Wildman–Crippen MR) is 135 cm³/mol. The quantitative estimate of drug-likeness (QED) is 0.361. The summed E-state index contributed by atoms with van der Waals surface area (Å²) in [5.74, 6) is 1.37. The van der Waals surface area contributed by atoms with Crippen LogP contribution in [0, 0.1) is 11.3 Å². The second kappa shape index (κ2) is 10.1. The van der Waals surface area contributed by atoms with Crippen molar-refractivity contribution < 1.29 is 17.9 Å². The molecule has 8 heteroatoms. The molecule has 0 saturated heterocycles. The molecule has 178 valence electrons. The van der Waals surface area contributed by atoms with Crippen molar-refractivity contribution in [2.24, 2.45) is 0 Å². The molecular formula is C27H25N3O4S. The molecule has 0 radical (unpaired) electrons. The van der Waals surface area contributed by atoms with Gasteiger partial charge < -0.3 is 15.2 Å². The predicted octanol–water partition coefficient (Wildman–Crippen LogP) is 4.70. The Morgan fingerprint density at radius 1 is 0.829 bits per heavy atom. The van der Waals surface area contributed by atoms with Gasteiger partial charge in [0.25, 0.3) is 0 Å². The van der Waals surface area contributed by atoms with E-state index in [4.69, 9.17) is 15.2 Å². The summed E-state index contributed by atoms with van der Waals surface area (Å²) in [6.45, 7) is 0.263. The molecule has 0 spiro atoms. The van der Waals surface area contributed by atoms with Crippen LogP contribution in [0.3, 0.4) is 0 Å². The summed E-state index contributed by atoms with van der Waals surface area (Å²) in [6, 6.07) is 24.7. The normalized spacial score (nSPS) is 11.4. The van der Waals surface area contributed by atoms with Crippen molar-refractivity contribution in [3.05, 3.63) is 95.6 Å². The first-order chi connectivity index (χ1) is 16.8. The summed E-state index contributed by atoms with van der Waals surface area (Å²) < 4.78 is 40.0. The summed E-state index contributed by atoms with van der Waals surface area (Å²) >= 11 is 0. The smallest absolute Gasteiger partial charge is 0.244 e. The maximum atomic E-state index is 14.1. The average Bonchev–Trinajstić information content (AvgIpc) is 2.88. The Morgan fingerprint density at radius 2 is 1.37 bits per heavy atom. The first-order valence-corrected chi connectivity index (χ1v) is 12.3. The SMILES string of the molecule is COc1ccc(CN(Cc2ccc(OC)cc2)S(=O)(=O)c2cc(N)cc3ccc(C#N)cc23)cc1. The first-order valence-electron chi connectivity index (χ1n) is 10.8. The number of anilines is 1. The second-order valence-electron chi connectivity index (χ2n) is 8.04. The van der Waals surface area contributed by atoms with Crippen LogP contribution in [0.25, 0.3) is 10.8 Å². The molecule has 0 saturated carbocycles. The largest absolute Gasteiger partial charge is 0.497 e. The van der Waals surface area contributed by atoms with Gasteiger partial charge in [-0.2, -0.15) is 9.57 Å². The van der Waals surface area contributed by atoms with Crippen molar-refractivity contribution in [3.8, 4) is 17.6 Å². The Hall–Kier alpha value is -4.06. The summed E-state index contributed by atoms with van der Waals surface area (Å²) in [5.41, 5.74) is 8.38. The number of nitriles is 1. The van der Waals surface area contributed by atoms with Crippen molar-refractivity contribution in [1.29, 1.82) is 5.26 Å². The lowest BCUT2D eigenvalue weighted by Crippen LogP contribution is -2.30. The van der Waals surface area contributed by atoms with Gasteiger partial charge in [-0.1, -0.05) is 30.3 Å². The molecule has 35 heavy (non-hydrogen) atoms. The minimum atomic E-state index is -4.02. The summed E-state index contributed by atoms with van der Waals surface area (Å²) in [4.78, 5) is 0.0617. The van der Waals surface area contributed by atoms with E-state index in [0.717, 1.165) is 11.1 Å². The van der Waals surface area contributed by atoms with Crippen LogP contribution in [-0.4, -0.2) is 26.9 Å². The topological polar surface area (TPSA) is 106 Å². The maximum absolute atomic E-state index is 14.1. The monoisotopic (exact) mass is 487 g/mol. The second-order valence-corrected chi connectivity index (χ2v) is 9.94. The number of rotatable bonds is 8. The van der Waals surface area contributed by atoms with Crippen LogP contribution in [0.1, 0.15) is 16.7 Å². The Bertz CT molecular complexity index is 1440. The van der Waals surface area contributed by atoms with E-state index < -0.39 is 10.0 Å². The van der Waals surface area contributed by atoms with E-state index in [1.54, 1.807) is 62.8 Å². The lowest BCUT2D eigenvalue weighted by molar-refractivity contribution is 0.398. The molecule has 0 fully saturated rings. The molecule has 0 amide bonds. The van der Waals surface area contributed by atoms with Gasteiger partial charge >= 0.3 is 0 Å². The highest BCUT2D eigenvalue weighted by molar-refractivity contribution is 7.89. The van der Waals surface area contributed by atoms with Crippen LogP contribution >= 0.6 is 0 Å². The van der Waals surface area contributed by atoms with Gasteiger partial charge in [0.15, 0.2) is 0 Å². The van der Waals surface area contributed by atoms with Gasteiger partial charge in [0.2, 0.25) is 10.0 Å². The molecule has 4 aromatic carbocycles. The third kappa shape index (κ3) is 5.22. The van der Waals surface area contributed by atoms with Gasteiger partial charge in [0.05, 0.1) is 30.7 Å². The molecule has 0 aliphatic heterocycles. The van der Waals surface area contributed by atoms with Crippen molar-refractivity contribution in [3.63, 3.8) is 0 Å². The van der Waals surface area contributed by atoms with Crippen LogP contribution in [-0.2, 0) is 23.1 Å². The highest BCUT2D eigenvalue weighted by Gasteiger charge is 2.27. The molecule has 0 atom stereocenters. The summed E-state index contributed by atoms with van der Waals surface area (Å²) in [6.07, 6.45) is 0. The number of ether oxygens (including phenoxy) is 2. The van der Waals surface area contributed by atoms with Crippen molar-refractivity contribution in [1.82, 2.24) is 4.31 Å². The molecule has 7 nitrogen and oxygen atoms in total. The van der Waals surface area contributed by atoms with E-state index in [1.807, 2.05) is 24.3 Å². The van der Waals surface area contributed by atoms with Gasteiger partial charge in [0.1, 0.15) is 11.5 Å². The average molecular weight is 488 g/mol. The van der Waals surface area contributed by atoms with E-state index in [0.29, 0.717) is 33.5 Å². The Morgan fingerprint density at radius 3 is 1.86 bits per heavy atom. The van der Waals surface area contributed by atoms with Gasteiger partial charge in [0, 0.05) is 24.2 Å². The van der Waals surface area contributed by atoms with Crippen LogP contribution in [0.2, 0.25) is 0 Å². The number of methoxy groups -OCH3 is 2. The van der Waals surface area contributed by atoms with E-state index in [1.165, 1.54) is 10.4 Å². The minimum absolute atomic E-state index is 0.0617. The van der Waals surface area contributed by atoms with E-state index in [-0.39, 0.29) is 18.0 Å². The number of sulfonamides is 1. The molecule has 0 aliphatic carbocycles. The summed E-state index contributed by atoms with van der Waals surface area (Å²) in [5, 5.41) is 10.5. The van der Waals surface area contributed by atoms with Crippen LogP contribution in [0.5, 0.6) is 11.5 Å². The van der Waals surface area contributed by atoms with Gasteiger partial charge in [-0.15, -0.1) is 0 Å². The number of fused-ring (bicyclic) bond motifs is 1.